The van der Waals surface area contributed by atoms with E-state index in [2.05, 4.69) is 29.4 Å². The van der Waals surface area contributed by atoms with E-state index in [1.807, 2.05) is 5.51 Å². The first kappa shape index (κ1) is 12.7. The highest BCUT2D eigenvalue weighted by Crippen LogP contribution is 2.32. The molecule has 2 aromatic rings. The Hall–Kier alpha value is -1.29. The van der Waals surface area contributed by atoms with Crippen LogP contribution in [0.1, 0.15) is 32.6 Å². The molecule has 3 rings (SSSR count). The number of anilines is 2. The lowest BCUT2D eigenvalue weighted by atomic mass is 9.80. The molecule has 2 atom stereocenters. The van der Waals surface area contributed by atoms with E-state index < -0.39 is 0 Å². The number of hydrogen-bond donors (Lipinski definition) is 2. The predicted octanol–water partition coefficient (Wildman–Crippen LogP) is 4.12. The molecule has 1 aromatic carbocycles. The zero-order valence-corrected chi connectivity index (χ0v) is 12.2. The number of fused-ring (bicyclic) bond motifs is 1. The largest absolute Gasteiger partial charge is 0.395 e. The Kier molecular flexibility index (Phi) is 3.60. The van der Waals surface area contributed by atoms with Gasteiger partial charge < -0.3 is 11.1 Å². The van der Waals surface area contributed by atoms with Gasteiger partial charge in [0.2, 0.25) is 0 Å². The SMILES string of the molecule is CC1CCCCC1CNc1ccc2scnc2c1N. The molecular formula is C15H21N3S. The summed E-state index contributed by atoms with van der Waals surface area (Å²) in [6, 6.07) is 4.19. The number of nitrogens with zero attached hydrogens (tertiary/aromatic N) is 1. The third-order valence-electron chi connectivity index (χ3n) is 4.39. The van der Waals surface area contributed by atoms with Crippen LogP contribution in [0, 0.1) is 11.8 Å². The molecule has 1 aromatic heterocycles. The molecule has 4 heteroatoms. The van der Waals surface area contributed by atoms with Crippen LogP contribution in [0.4, 0.5) is 11.4 Å². The number of nitrogens with two attached hydrogens (primary N) is 1. The summed E-state index contributed by atoms with van der Waals surface area (Å²) < 4.78 is 1.16. The smallest absolute Gasteiger partial charge is 0.106 e. The fourth-order valence-electron chi connectivity index (χ4n) is 3.04. The van der Waals surface area contributed by atoms with Crippen LogP contribution in [-0.2, 0) is 0 Å². The molecule has 1 fully saturated rings. The van der Waals surface area contributed by atoms with Crippen LogP contribution in [0.25, 0.3) is 10.2 Å². The Balaban J connectivity index is 1.72. The standard InChI is InChI=1S/C15H21N3S/c1-10-4-2-3-5-11(10)8-17-12-6-7-13-15(14(12)16)18-9-19-13/h6-7,9-11,17H,2-5,8,16H2,1H3. The van der Waals surface area contributed by atoms with Crippen LogP contribution < -0.4 is 11.1 Å². The van der Waals surface area contributed by atoms with Crippen molar-refractivity contribution < 1.29 is 0 Å². The molecule has 0 bridgehead atoms. The highest BCUT2D eigenvalue weighted by Gasteiger charge is 2.21. The van der Waals surface area contributed by atoms with Gasteiger partial charge in [-0.2, -0.15) is 0 Å². The maximum atomic E-state index is 6.20. The molecule has 1 saturated carbocycles. The summed E-state index contributed by atoms with van der Waals surface area (Å²) in [4.78, 5) is 4.34. The highest BCUT2D eigenvalue weighted by atomic mass is 32.1. The molecule has 0 spiro atoms. The van der Waals surface area contributed by atoms with Crippen molar-refractivity contribution in [1.29, 1.82) is 0 Å². The van der Waals surface area contributed by atoms with E-state index in [1.165, 1.54) is 25.7 Å². The third kappa shape index (κ3) is 2.54. The van der Waals surface area contributed by atoms with Crippen molar-refractivity contribution in [2.45, 2.75) is 32.6 Å². The minimum absolute atomic E-state index is 0.777. The second-order valence-corrected chi connectivity index (χ2v) is 6.51. The van der Waals surface area contributed by atoms with Gasteiger partial charge in [-0.1, -0.05) is 26.2 Å². The summed E-state index contributed by atoms with van der Waals surface area (Å²) >= 11 is 1.64. The fraction of sp³-hybridized carbons (Fsp3) is 0.533. The molecule has 19 heavy (non-hydrogen) atoms. The van der Waals surface area contributed by atoms with Gasteiger partial charge in [0.05, 0.1) is 21.6 Å². The molecule has 0 amide bonds. The number of thiazole rings is 1. The highest BCUT2D eigenvalue weighted by molar-refractivity contribution is 7.16. The Bertz CT molecular complexity index is 564. The summed E-state index contributed by atoms with van der Waals surface area (Å²) in [5.41, 5.74) is 10.8. The lowest BCUT2D eigenvalue weighted by molar-refractivity contribution is 0.268. The quantitative estimate of drug-likeness (QED) is 0.829. The van der Waals surface area contributed by atoms with E-state index in [0.29, 0.717) is 0 Å². The van der Waals surface area contributed by atoms with Gasteiger partial charge in [0.15, 0.2) is 0 Å². The third-order valence-corrected chi connectivity index (χ3v) is 5.18. The first-order valence-electron chi connectivity index (χ1n) is 7.11. The fourth-order valence-corrected chi connectivity index (χ4v) is 3.74. The minimum Gasteiger partial charge on any atom is -0.395 e. The number of rotatable bonds is 3. The van der Waals surface area contributed by atoms with Gasteiger partial charge >= 0.3 is 0 Å². The van der Waals surface area contributed by atoms with Crippen LogP contribution in [0.2, 0.25) is 0 Å². The number of nitrogens with one attached hydrogen (secondary N) is 1. The Morgan fingerprint density at radius 3 is 3.05 bits per heavy atom. The van der Waals surface area contributed by atoms with Crippen molar-refractivity contribution >= 4 is 32.9 Å². The maximum Gasteiger partial charge on any atom is 0.106 e. The molecule has 3 N–H and O–H groups in total. The predicted molar refractivity (Wildman–Crippen MR) is 83.6 cm³/mol. The normalized spacial score (nSPS) is 23.6. The van der Waals surface area contributed by atoms with Crippen molar-refractivity contribution in [2.24, 2.45) is 11.8 Å². The maximum absolute atomic E-state index is 6.20. The van der Waals surface area contributed by atoms with Crippen molar-refractivity contribution in [3.63, 3.8) is 0 Å². The zero-order chi connectivity index (χ0) is 13.2. The molecule has 1 aliphatic carbocycles. The molecule has 102 valence electrons. The summed E-state index contributed by atoms with van der Waals surface area (Å²) in [5, 5.41) is 3.53. The molecule has 1 aliphatic rings. The van der Waals surface area contributed by atoms with Crippen LogP contribution in [0.5, 0.6) is 0 Å². The van der Waals surface area contributed by atoms with Crippen molar-refractivity contribution in [3.05, 3.63) is 17.6 Å². The van der Waals surface area contributed by atoms with Crippen LogP contribution in [0.15, 0.2) is 17.6 Å². The van der Waals surface area contributed by atoms with E-state index in [9.17, 15) is 0 Å². The molecule has 3 nitrogen and oxygen atoms in total. The number of aromatic nitrogens is 1. The Labute approximate surface area is 118 Å². The molecule has 2 unspecified atom stereocenters. The Morgan fingerprint density at radius 1 is 1.37 bits per heavy atom. The molecule has 0 saturated heterocycles. The van der Waals surface area contributed by atoms with Gasteiger partial charge in [0, 0.05) is 6.54 Å². The van der Waals surface area contributed by atoms with Gasteiger partial charge in [0.1, 0.15) is 5.52 Å². The molecule has 0 radical (unpaired) electrons. The summed E-state index contributed by atoms with van der Waals surface area (Å²) in [6.07, 6.45) is 5.47. The van der Waals surface area contributed by atoms with Gasteiger partial charge in [-0.25, -0.2) is 4.98 Å². The summed E-state index contributed by atoms with van der Waals surface area (Å²) in [5.74, 6) is 1.60. The lowest BCUT2D eigenvalue weighted by Crippen LogP contribution is -2.24. The monoisotopic (exact) mass is 275 g/mol. The van der Waals surface area contributed by atoms with Gasteiger partial charge in [-0.15, -0.1) is 11.3 Å². The minimum atomic E-state index is 0.777. The molecule has 1 heterocycles. The van der Waals surface area contributed by atoms with Gasteiger partial charge in [-0.3, -0.25) is 0 Å². The van der Waals surface area contributed by atoms with Crippen molar-refractivity contribution in [1.82, 2.24) is 4.98 Å². The first-order valence-corrected chi connectivity index (χ1v) is 7.99. The van der Waals surface area contributed by atoms with E-state index in [0.717, 1.165) is 40.0 Å². The molecule has 0 aliphatic heterocycles. The van der Waals surface area contributed by atoms with E-state index in [-0.39, 0.29) is 0 Å². The van der Waals surface area contributed by atoms with Gasteiger partial charge in [0.25, 0.3) is 0 Å². The summed E-state index contributed by atoms with van der Waals surface area (Å²) in [7, 11) is 0. The number of nitrogen functional groups attached to an aromatic ring is 1. The molecular weight excluding hydrogens is 254 g/mol. The zero-order valence-electron chi connectivity index (χ0n) is 11.4. The second-order valence-electron chi connectivity index (χ2n) is 5.63. The second kappa shape index (κ2) is 5.37. The lowest BCUT2D eigenvalue weighted by Gasteiger charge is -2.29. The van der Waals surface area contributed by atoms with Gasteiger partial charge in [-0.05, 0) is 30.4 Å². The van der Waals surface area contributed by atoms with E-state index in [4.69, 9.17) is 5.73 Å². The van der Waals surface area contributed by atoms with E-state index >= 15 is 0 Å². The Morgan fingerprint density at radius 2 is 2.21 bits per heavy atom. The summed E-state index contributed by atoms with van der Waals surface area (Å²) in [6.45, 7) is 3.40. The number of hydrogen-bond acceptors (Lipinski definition) is 4. The average Bonchev–Trinajstić information content (AvgIpc) is 2.89. The topological polar surface area (TPSA) is 50.9 Å². The first-order chi connectivity index (χ1) is 9.25. The van der Waals surface area contributed by atoms with Crippen LogP contribution in [0.3, 0.4) is 0 Å². The van der Waals surface area contributed by atoms with Crippen molar-refractivity contribution in [3.8, 4) is 0 Å². The van der Waals surface area contributed by atoms with E-state index in [1.54, 1.807) is 11.3 Å². The van der Waals surface area contributed by atoms with Crippen LogP contribution in [-0.4, -0.2) is 11.5 Å². The van der Waals surface area contributed by atoms with Crippen molar-refractivity contribution in [2.75, 3.05) is 17.6 Å². The number of benzene rings is 1. The van der Waals surface area contributed by atoms with Crippen LogP contribution >= 0.6 is 11.3 Å². The average molecular weight is 275 g/mol.